The van der Waals surface area contributed by atoms with Crippen LogP contribution in [0.5, 0.6) is 0 Å². The van der Waals surface area contributed by atoms with E-state index in [4.69, 9.17) is 0 Å². The first-order chi connectivity index (χ1) is 11.9. The maximum absolute atomic E-state index is 4.29. The fraction of sp³-hybridized carbons (Fsp3) is 0. The molecule has 0 bridgehead atoms. The van der Waals surface area contributed by atoms with Crippen LogP contribution >= 0.6 is 0 Å². The van der Waals surface area contributed by atoms with E-state index in [9.17, 15) is 0 Å². The molecule has 4 heterocycles. The maximum atomic E-state index is 4.29. The first kappa shape index (κ1) is 12.8. The number of nitrogens with zero attached hydrogens (tertiary/aromatic N) is 8. The Kier molecular flexibility index (Phi) is 2.63. The van der Waals surface area contributed by atoms with Crippen LogP contribution in [0.15, 0.2) is 62.0 Å². The Morgan fingerprint density at radius 3 is 1.50 bits per heavy atom. The molecule has 8 heteroatoms. The van der Waals surface area contributed by atoms with Crippen molar-refractivity contribution < 1.29 is 0 Å². The summed E-state index contributed by atoms with van der Waals surface area (Å²) in [6.07, 6.45) is 9.99. The maximum Gasteiger partial charge on any atom is 0.181 e. The lowest BCUT2D eigenvalue weighted by Gasteiger charge is -2.07. The van der Waals surface area contributed by atoms with Crippen LogP contribution in [0.25, 0.3) is 33.7 Å². The van der Waals surface area contributed by atoms with E-state index in [2.05, 4.69) is 29.9 Å². The summed E-state index contributed by atoms with van der Waals surface area (Å²) in [5.74, 6) is 0. The summed E-state index contributed by atoms with van der Waals surface area (Å²) in [5.41, 5.74) is 5.05. The molecule has 0 spiro atoms. The highest BCUT2D eigenvalue weighted by Crippen LogP contribution is 2.20. The molecule has 0 N–H and O–H groups in total. The minimum atomic E-state index is 0.673. The first-order valence-corrected chi connectivity index (χ1v) is 7.27. The van der Waals surface area contributed by atoms with E-state index in [-0.39, 0.29) is 0 Å². The Hall–Kier alpha value is -3.68. The van der Waals surface area contributed by atoms with Gasteiger partial charge in [0.2, 0.25) is 0 Å². The van der Waals surface area contributed by atoms with Gasteiger partial charge < -0.3 is 0 Å². The molecule has 24 heavy (non-hydrogen) atoms. The summed E-state index contributed by atoms with van der Waals surface area (Å²) in [6.45, 7) is 0. The van der Waals surface area contributed by atoms with Crippen LogP contribution < -0.4 is 0 Å². The molecule has 0 fully saturated rings. The van der Waals surface area contributed by atoms with Gasteiger partial charge in [0, 0.05) is 11.4 Å². The van der Waals surface area contributed by atoms with Gasteiger partial charge in [0.15, 0.2) is 11.3 Å². The van der Waals surface area contributed by atoms with Gasteiger partial charge in [-0.25, -0.2) is 29.9 Å². The van der Waals surface area contributed by atoms with Gasteiger partial charge in [-0.05, 0) is 24.3 Å². The van der Waals surface area contributed by atoms with Crippen LogP contribution in [0.2, 0.25) is 0 Å². The third kappa shape index (κ3) is 1.86. The van der Waals surface area contributed by atoms with Crippen LogP contribution in [0.1, 0.15) is 0 Å². The Bertz CT molecular complexity index is 1060. The summed E-state index contributed by atoms with van der Waals surface area (Å²) in [6, 6.07) is 8.05. The van der Waals surface area contributed by atoms with Crippen molar-refractivity contribution in [2.45, 2.75) is 0 Å². The van der Waals surface area contributed by atoms with Crippen LogP contribution in [-0.2, 0) is 0 Å². The second kappa shape index (κ2) is 4.92. The zero-order valence-electron chi connectivity index (χ0n) is 12.4. The van der Waals surface area contributed by atoms with Crippen LogP contribution in [0, 0.1) is 0 Å². The monoisotopic (exact) mass is 314 g/mol. The van der Waals surface area contributed by atoms with Gasteiger partial charge in [-0.1, -0.05) is 0 Å². The number of rotatable bonds is 2. The van der Waals surface area contributed by atoms with E-state index in [0.717, 1.165) is 22.4 Å². The predicted molar refractivity (Wildman–Crippen MR) is 86.9 cm³/mol. The van der Waals surface area contributed by atoms with Crippen molar-refractivity contribution in [3.05, 3.63) is 62.0 Å². The minimum Gasteiger partial charge on any atom is -0.296 e. The van der Waals surface area contributed by atoms with Crippen LogP contribution in [-0.4, -0.2) is 39.0 Å². The van der Waals surface area contributed by atoms with Gasteiger partial charge in [-0.3, -0.25) is 9.13 Å². The molecule has 5 aromatic rings. The average Bonchev–Trinajstić information content (AvgIpc) is 3.26. The van der Waals surface area contributed by atoms with Crippen molar-refractivity contribution in [3.63, 3.8) is 0 Å². The number of hydrogen-bond acceptors (Lipinski definition) is 6. The minimum absolute atomic E-state index is 0.673. The van der Waals surface area contributed by atoms with E-state index in [0.29, 0.717) is 11.3 Å². The Morgan fingerprint density at radius 2 is 1.04 bits per heavy atom. The predicted octanol–water partition coefficient (Wildman–Crippen LogP) is 1.94. The highest BCUT2D eigenvalue weighted by molar-refractivity contribution is 5.73. The molecule has 0 aliphatic carbocycles. The Balaban J connectivity index is 1.60. The summed E-state index contributed by atoms with van der Waals surface area (Å²) in [5, 5.41) is 0. The molecule has 0 atom stereocenters. The van der Waals surface area contributed by atoms with Crippen molar-refractivity contribution >= 4 is 22.3 Å². The molecule has 0 unspecified atom stereocenters. The molecular formula is C16H10N8. The largest absolute Gasteiger partial charge is 0.296 e. The Morgan fingerprint density at radius 1 is 0.583 bits per heavy atom. The first-order valence-electron chi connectivity index (χ1n) is 7.27. The lowest BCUT2D eigenvalue weighted by atomic mass is 10.2. The van der Waals surface area contributed by atoms with Crippen molar-refractivity contribution in [2.75, 3.05) is 0 Å². The number of imidazole rings is 2. The molecule has 0 aliphatic heterocycles. The van der Waals surface area contributed by atoms with Gasteiger partial charge >= 0.3 is 0 Å². The normalized spacial score (nSPS) is 11.3. The number of benzene rings is 1. The van der Waals surface area contributed by atoms with Crippen molar-refractivity contribution in [1.82, 2.24) is 39.0 Å². The topological polar surface area (TPSA) is 87.2 Å². The van der Waals surface area contributed by atoms with E-state index in [1.54, 1.807) is 25.0 Å². The summed E-state index contributed by atoms with van der Waals surface area (Å²) >= 11 is 0. The second-order valence-electron chi connectivity index (χ2n) is 5.21. The zero-order valence-corrected chi connectivity index (χ0v) is 12.4. The number of aromatic nitrogens is 8. The van der Waals surface area contributed by atoms with Gasteiger partial charge in [-0.2, -0.15) is 0 Å². The fourth-order valence-electron chi connectivity index (χ4n) is 2.71. The smallest absolute Gasteiger partial charge is 0.181 e. The highest BCUT2D eigenvalue weighted by Gasteiger charge is 2.08. The van der Waals surface area contributed by atoms with E-state index in [1.165, 1.54) is 12.7 Å². The van der Waals surface area contributed by atoms with Gasteiger partial charge in [0.25, 0.3) is 0 Å². The van der Waals surface area contributed by atoms with E-state index >= 15 is 0 Å². The van der Waals surface area contributed by atoms with E-state index < -0.39 is 0 Å². The lowest BCUT2D eigenvalue weighted by Crippen LogP contribution is -1.96. The Labute approximate surface area is 135 Å². The summed E-state index contributed by atoms with van der Waals surface area (Å²) < 4.78 is 3.91. The standard InChI is InChI=1S/C16H10N8/c1-2-12(24-10-22-16-14(24)6-18-8-20-16)4-3-11(1)23-9-21-15-13(23)5-17-7-19-15/h1-10H. The third-order valence-corrected chi connectivity index (χ3v) is 3.86. The van der Waals surface area contributed by atoms with Gasteiger partial charge in [0.1, 0.15) is 36.3 Å². The SMILES string of the molecule is c1ncc2c(n1)ncn2-c1ccc(-n2cnc3ncncc32)cc1. The molecular weight excluding hydrogens is 304 g/mol. The second-order valence-corrected chi connectivity index (χ2v) is 5.21. The lowest BCUT2D eigenvalue weighted by molar-refractivity contribution is 1.06. The van der Waals surface area contributed by atoms with Crippen molar-refractivity contribution in [2.24, 2.45) is 0 Å². The van der Waals surface area contributed by atoms with Crippen LogP contribution in [0.3, 0.4) is 0 Å². The van der Waals surface area contributed by atoms with Crippen molar-refractivity contribution in [1.29, 1.82) is 0 Å². The number of hydrogen-bond donors (Lipinski definition) is 0. The molecule has 8 nitrogen and oxygen atoms in total. The molecule has 1 aromatic carbocycles. The molecule has 0 amide bonds. The molecule has 4 aromatic heterocycles. The van der Waals surface area contributed by atoms with Crippen molar-refractivity contribution in [3.8, 4) is 11.4 Å². The molecule has 0 aliphatic rings. The van der Waals surface area contributed by atoms with E-state index in [1.807, 2.05) is 33.4 Å². The number of fused-ring (bicyclic) bond motifs is 2. The molecule has 114 valence electrons. The molecule has 5 rings (SSSR count). The summed E-state index contributed by atoms with van der Waals surface area (Å²) in [4.78, 5) is 25.0. The third-order valence-electron chi connectivity index (χ3n) is 3.86. The average molecular weight is 314 g/mol. The quantitative estimate of drug-likeness (QED) is 0.495. The highest BCUT2D eigenvalue weighted by atomic mass is 15.1. The van der Waals surface area contributed by atoms with Gasteiger partial charge in [0.05, 0.1) is 12.4 Å². The fourth-order valence-corrected chi connectivity index (χ4v) is 2.71. The van der Waals surface area contributed by atoms with Gasteiger partial charge in [-0.15, -0.1) is 0 Å². The van der Waals surface area contributed by atoms with Crippen LogP contribution in [0.4, 0.5) is 0 Å². The molecule has 0 saturated heterocycles. The molecule has 0 radical (unpaired) electrons. The molecule has 0 saturated carbocycles. The summed E-state index contributed by atoms with van der Waals surface area (Å²) in [7, 11) is 0. The zero-order chi connectivity index (χ0) is 15.9.